The SMILES string of the molecule is Clc1ccc(-c2ccccc2CNNc2ccccc2)cc1. The Bertz CT molecular complexity index is 724. The number of benzene rings is 3. The van der Waals surface area contributed by atoms with Gasteiger partial charge in [0.2, 0.25) is 0 Å². The van der Waals surface area contributed by atoms with Gasteiger partial charge < -0.3 is 5.43 Å². The van der Waals surface area contributed by atoms with Gasteiger partial charge in [0.1, 0.15) is 0 Å². The minimum atomic E-state index is 0.730. The van der Waals surface area contributed by atoms with Gasteiger partial charge in [0, 0.05) is 17.3 Å². The number of hydrogen-bond donors (Lipinski definition) is 2. The largest absolute Gasteiger partial charge is 0.321 e. The second-order valence-corrected chi connectivity index (χ2v) is 5.45. The van der Waals surface area contributed by atoms with Gasteiger partial charge in [-0.05, 0) is 41.0 Å². The van der Waals surface area contributed by atoms with Gasteiger partial charge in [0.25, 0.3) is 0 Å². The van der Waals surface area contributed by atoms with Crippen LogP contribution in [0.25, 0.3) is 11.1 Å². The summed E-state index contributed by atoms with van der Waals surface area (Å²) >= 11 is 5.97. The summed E-state index contributed by atoms with van der Waals surface area (Å²) < 4.78 is 0. The molecule has 3 heteroatoms. The molecule has 0 heterocycles. The van der Waals surface area contributed by atoms with Crippen LogP contribution in [0.2, 0.25) is 5.02 Å². The normalized spacial score (nSPS) is 10.4. The van der Waals surface area contributed by atoms with Crippen LogP contribution in [-0.4, -0.2) is 0 Å². The highest BCUT2D eigenvalue weighted by molar-refractivity contribution is 6.30. The average molecular weight is 309 g/mol. The average Bonchev–Trinajstić information content (AvgIpc) is 2.57. The molecule has 0 amide bonds. The predicted octanol–water partition coefficient (Wildman–Crippen LogP) is 5.12. The Hall–Kier alpha value is -2.29. The van der Waals surface area contributed by atoms with Crippen molar-refractivity contribution in [1.29, 1.82) is 0 Å². The van der Waals surface area contributed by atoms with Crippen LogP contribution in [0.15, 0.2) is 78.9 Å². The van der Waals surface area contributed by atoms with E-state index in [0.717, 1.165) is 17.3 Å². The van der Waals surface area contributed by atoms with Gasteiger partial charge in [-0.1, -0.05) is 66.2 Å². The molecule has 110 valence electrons. The van der Waals surface area contributed by atoms with Crippen LogP contribution in [0.1, 0.15) is 5.56 Å². The fraction of sp³-hybridized carbons (Fsp3) is 0.0526. The molecular formula is C19H17ClN2. The van der Waals surface area contributed by atoms with Crippen molar-refractivity contribution < 1.29 is 0 Å². The van der Waals surface area contributed by atoms with Crippen molar-refractivity contribution in [2.75, 3.05) is 5.43 Å². The lowest BCUT2D eigenvalue weighted by atomic mass is 10.00. The Morgan fingerprint density at radius 2 is 1.41 bits per heavy atom. The van der Waals surface area contributed by atoms with E-state index < -0.39 is 0 Å². The summed E-state index contributed by atoms with van der Waals surface area (Å²) in [7, 11) is 0. The summed E-state index contributed by atoms with van der Waals surface area (Å²) in [6, 6.07) is 26.4. The summed E-state index contributed by atoms with van der Waals surface area (Å²) in [5.74, 6) is 0. The van der Waals surface area contributed by atoms with Gasteiger partial charge in [-0.15, -0.1) is 0 Å². The molecule has 22 heavy (non-hydrogen) atoms. The van der Waals surface area contributed by atoms with Gasteiger partial charge in [0.05, 0.1) is 0 Å². The van der Waals surface area contributed by atoms with E-state index in [1.807, 2.05) is 54.6 Å². The topological polar surface area (TPSA) is 24.1 Å². The van der Waals surface area contributed by atoms with E-state index in [0.29, 0.717) is 0 Å². The Morgan fingerprint density at radius 1 is 0.727 bits per heavy atom. The van der Waals surface area contributed by atoms with Gasteiger partial charge in [0.15, 0.2) is 0 Å². The lowest BCUT2D eigenvalue weighted by Gasteiger charge is -2.12. The number of nitrogens with one attached hydrogen (secondary N) is 2. The van der Waals surface area contributed by atoms with Gasteiger partial charge in [-0.2, -0.15) is 0 Å². The number of anilines is 1. The van der Waals surface area contributed by atoms with E-state index in [2.05, 4.69) is 35.1 Å². The molecule has 0 saturated heterocycles. The first kappa shape index (κ1) is 14.6. The van der Waals surface area contributed by atoms with Crippen LogP contribution >= 0.6 is 11.6 Å². The standard InChI is InChI=1S/C19H17ClN2/c20-17-12-10-15(11-13-17)19-9-5-4-6-16(19)14-21-22-18-7-2-1-3-8-18/h1-13,21-22H,14H2. The lowest BCUT2D eigenvalue weighted by Crippen LogP contribution is -2.21. The molecule has 0 fully saturated rings. The molecule has 0 bridgehead atoms. The molecule has 0 aromatic heterocycles. The number of hydrazine groups is 1. The zero-order valence-corrected chi connectivity index (χ0v) is 12.8. The van der Waals surface area contributed by atoms with Crippen molar-refractivity contribution in [3.8, 4) is 11.1 Å². The second-order valence-electron chi connectivity index (χ2n) is 5.01. The summed E-state index contributed by atoms with van der Waals surface area (Å²) in [6.07, 6.45) is 0. The molecule has 0 radical (unpaired) electrons. The summed E-state index contributed by atoms with van der Waals surface area (Å²) in [5, 5.41) is 0.755. The molecule has 2 nitrogen and oxygen atoms in total. The van der Waals surface area contributed by atoms with Crippen LogP contribution in [0.5, 0.6) is 0 Å². The Labute approximate surface area is 135 Å². The van der Waals surface area contributed by atoms with Crippen LogP contribution in [-0.2, 0) is 6.54 Å². The highest BCUT2D eigenvalue weighted by Gasteiger charge is 2.04. The summed E-state index contributed by atoms with van der Waals surface area (Å²) in [5.41, 5.74) is 11.1. The minimum absolute atomic E-state index is 0.730. The van der Waals surface area contributed by atoms with Crippen LogP contribution in [0, 0.1) is 0 Å². The van der Waals surface area contributed by atoms with Crippen LogP contribution in [0.3, 0.4) is 0 Å². The molecule has 0 aliphatic carbocycles. The van der Waals surface area contributed by atoms with Crippen molar-refractivity contribution in [1.82, 2.24) is 5.43 Å². The molecule has 0 atom stereocenters. The second kappa shape index (κ2) is 7.12. The number of hydrogen-bond acceptors (Lipinski definition) is 2. The molecule has 0 saturated carbocycles. The van der Waals surface area contributed by atoms with Gasteiger partial charge in [-0.25, -0.2) is 5.43 Å². The molecule has 0 aliphatic rings. The molecule has 2 N–H and O–H groups in total. The maximum Gasteiger partial charge on any atom is 0.0487 e. The number of rotatable bonds is 5. The van der Waals surface area contributed by atoms with Gasteiger partial charge >= 0.3 is 0 Å². The zero-order valence-electron chi connectivity index (χ0n) is 12.1. The van der Waals surface area contributed by atoms with Crippen molar-refractivity contribution in [2.45, 2.75) is 6.54 Å². The molecular weight excluding hydrogens is 292 g/mol. The molecule has 3 aromatic carbocycles. The van der Waals surface area contributed by atoms with E-state index in [1.165, 1.54) is 16.7 Å². The molecule has 0 aliphatic heterocycles. The first-order chi connectivity index (χ1) is 10.8. The molecule has 3 rings (SSSR count). The number of para-hydroxylation sites is 1. The fourth-order valence-electron chi connectivity index (χ4n) is 2.35. The highest BCUT2D eigenvalue weighted by Crippen LogP contribution is 2.25. The van der Waals surface area contributed by atoms with Crippen LogP contribution in [0.4, 0.5) is 5.69 Å². The van der Waals surface area contributed by atoms with E-state index in [1.54, 1.807) is 0 Å². The third kappa shape index (κ3) is 3.67. The zero-order chi connectivity index (χ0) is 15.2. The van der Waals surface area contributed by atoms with Crippen molar-refractivity contribution in [2.24, 2.45) is 0 Å². The third-order valence-corrected chi connectivity index (χ3v) is 3.71. The quantitative estimate of drug-likeness (QED) is 0.639. The first-order valence-electron chi connectivity index (χ1n) is 7.21. The third-order valence-electron chi connectivity index (χ3n) is 3.46. The minimum Gasteiger partial charge on any atom is -0.321 e. The summed E-state index contributed by atoms with van der Waals surface area (Å²) in [4.78, 5) is 0. The van der Waals surface area contributed by atoms with Gasteiger partial charge in [-0.3, -0.25) is 0 Å². The number of halogens is 1. The molecule has 0 unspecified atom stereocenters. The lowest BCUT2D eigenvalue weighted by molar-refractivity contribution is 0.803. The van der Waals surface area contributed by atoms with E-state index in [4.69, 9.17) is 11.6 Å². The predicted molar refractivity (Wildman–Crippen MR) is 93.8 cm³/mol. The Kier molecular flexibility index (Phi) is 4.74. The van der Waals surface area contributed by atoms with Crippen molar-refractivity contribution in [3.63, 3.8) is 0 Å². The monoisotopic (exact) mass is 308 g/mol. The van der Waals surface area contributed by atoms with Crippen molar-refractivity contribution in [3.05, 3.63) is 89.4 Å². The Balaban J connectivity index is 1.73. The first-order valence-corrected chi connectivity index (χ1v) is 7.58. The smallest absolute Gasteiger partial charge is 0.0487 e. The Morgan fingerprint density at radius 3 is 2.18 bits per heavy atom. The van der Waals surface area contributed by atoms with E-state index in [-0.39, 0.29) is 0 Å². The molecule has 3 aromatic rings. The van der Waals surface area contributed by atoms with E-state index in [9.17, 15) is 0 Å². The van der Waals surface area contributed by atoms with Crippen LogP contribution < -0.4 is 10.9 Å². The van der Waals surface area contributed by atoms with E-state index >= 15 is 0 Å². The van der Waals surface area contributed by atoms with Crippen molar-refractivity contribution >= 4 is 17.3 Å². The maximum absolute atomic E-state index is 5.97. The maximum atomic E-state index is 5.97. The molecule has 0 spiro atoms. The summed E-state index contributed by atoms with van der Waals surface area (Å²) in [6.45, 7) is 0.730. The highest BCUT2D eigenvalue weighted by atomic mass is 35.5. The fourth-order valence-corrected chi connectivity index (χ4v) is 2.47.